The number of alkyl halides is 1. The number of hydrogen-bond acceptors (Lipinski definition) is 5. The van der Waals surface area contributed by atoms with E-state index in [4.69, 9.17) is 9.47 Å². The second-order valence-electron chi connectivity index (χ2n) is 5.67. The van der Waals surface area contributed by atoms with Gasteiger partial charge < -0.3 is 19.7 Å². The Morgan fingerprint density at radius 3 is 2.40 bits per heavy atom. The zero-order valence-corrected chi connectivity index (χ0v) is 14.5. The topological polar surface area (TPSA) is 71.1 Å². The van der Waals surface area contributed by atoms with Gasteiger partial charge in [-0.3, -0.25) is 14.1 Å². The summed E-state index contributed by atoms with van der Waals surface area (Å²) >= 11 is 0. The Bertz CT molecular complexity index is 576. The number of halogens is 1. The largest absolute Gasteiger partial charge is 0.442 e. The van der Waals surface area contributed by atoms with Crippen molar-refractivity contribution in [2.75, 3.05) is 56.4 Å². The van der Waals surface area contributed by atoms with Gasteiger partial charge in [0.15, 0.2) is 0 Å². The van der Waals surface area contributed by atoms with Gasteiger partial charge >= 0.3 is 6.09 Å². The van der Waals surface area contributed by atoms with E-state index in [1.54, 1.807) is 4.90 Å². The number of morpholine rings is 1. The number of nitrogens with one attached hydrogen (secondary N) is 1. The maximum atomic E-state index is 12.0. The summed E-state index contributed by atoms with van der Waals surface area (Å²) in [5.41, 5.74) is 1.93. The molecule has 0 bridgehead atoms. The average Bonchev–Trinajstić information content (AvgIpc) is 3.03. The van der Waals surface area contributed by atoms with Gasteiger partial charge in [-0.15, -0.1) is 0 Å². The highest BCUT2D eigenvalue weighted by atomic mass is 19.1. The number of hydrogen-bond donors (Lipinski definition) is 1. The van der Waals surface area contributed by atoms with Crippen LogP contribution in [-0.2, 0) is 14.3 Å². The van der Waals surface area contributed by atoms with Crippen LogP contribution in [0.3, 0.4) is 0 Å². The van der Waals surface area contributed by atoms with Crippen molar-refractivity contribution in [1.29, 1.82) is 0 Å². The summed E-state index contributed by atoms with van der Waals surface area (Å²) in [5, 5.41) is 2.67. The fourth-order valence-electron chi connectivity index (χ4n) is 2.76. The van der Waals surface area contributed by atoms with Crippen molar-refractivity contribution in [3.63, 3.8) is 0 Å². The van der Waals surface area contributed by atoms with E-state index < -0.39 is 0 Å². The van der Waals surface area contributed by atoms with Gasteiger partial charge in [0.1, 0.15) is 6.10 Å². The van der Waals surface area contributed by atoms with Crippen molar-refractivity contribution >= 4 is 23.4 Å². The van der Waals surface area contributed by atoms with Crippen molar-refractivity contribution in [2.45, 2.75) is 13.0 Å². The van der Waals surface area contributed by atoms with E-state index in [0.29, 0.717) is 20.3 Å². The molecule has 1 atom stereocenters. The quantitative estimate of drug-likeness (QED) is 0.890. The highest BCUT2D eigenvalue weighted by Gasteiger charge is 2.32. The number of rotatable bonds is 4. The Balaban J connectivity index is 0.00000109. The summed E-state index contributed by atoms with van der Waals surface area (Å²) in [6.45, 7) is 5.46. The van der Waals surface area contributed by atoms with Gasteiger partial charge in [-0.2, -0.15) is 0 Å². The van der Waals surface area contributed by atoms with Crippen LogP contribution >= 0.6 is 0 Å². The molecule has 0 aromatic heterocycles. The van der Waals surface area contributed by atoms with Gasteiger partial charge in [0.05, 0.1) is 33.5 Å². The third-order valence-corrected chi connectivity index (χ3v) is 3.99. The Morgan fingerprint density at radius 1 is 1.20 bits per heavy atom. The minimum Gasteiger partial charge on any atom is -0.442 e. The van der Waals surface area contributed by atoms with Crippen molar-refractivity contribution in [2.24, 2.45) is 0 Å². The van der Waals surface area contributed by atoms with Crippen LogP contribution in [0.15, 0.2) is 24.3 Å². The summed E-state index contributed by atoms with van der Waals surface area (Å²) in [6.07, 6.45) is -0.690. The molecule has 3 rings (SSSR count). The standard InChI is InChI=1S/C16H21N3O4.CH3F/c1-12(20)17-10-15-11-19(16(21)23-15)14-4-2-13(3-5-14)18-6-8-22-9-7-18;1-2/h2-5,15H,6-11H2,1H3,(H,17,20);1H3. The van der Waals surface area contributed by atoms with E-state index in [0.717, 1.165) is 37.7 Å². The first-order chi connectivity index (χ1) is 12.1. The van der Waals surface area contributed by atoms with Crippen LogP contribution < -0.4 is 15.1 Å². The summed E-state index contributed by atoms with van der Waals surface area (Å²) in [4.78, 5) is 26.8. The summed E-state index contributed by atoms with van der Waals surface area (Å²) in [6, 6.07) is 7.86. The molecule has 2 saturated heterocycles. The molecular formula is C17H24FN3O4. The van der Waals surface area contributed by atoms with Gasteiger partial charge in [-0.1, -0.05) is 0 Å². The van der Waals surface area contributed by atoms with Crippen molar-refractivity contribution in [3.05, 3.63) is 24.3 Å². The lowest BCUT2D eigenvalue weighted by molar-refractivity contribution is -0.119. The third-order valence-electron chi connectivity index (χ3n) is 3.99. The first kappa shape index (κ1) is 19.0. The monoisotopic (exact) mass is 353 g/mol. The minimum atomic E-state index is -0.375. The number of carbonyl (C=O) groups excluding carboxylic acids is 2. The maximum absolute atomic E-state index is 12.0. The summed E-state index contributed by atoms with van der Waals surface area (Å²) in [7, 11) is 0.500. The van der Waals surface area contributed by atoms with Crippen molar-refractivity contribution < 1.29 is 23.5 Å². The highest BCUT2D eigenvalue weighted by Crippen LogP contribution is 2.25. The van der Waals surface area contributed by atoms with Gasteiger partial charge in [0.2, 0.25) is 5.91 Å². The van der Waals surface area contributed by atoms with E-state index in [1.807, 2.05) is 24.3 Å². The fourth-order valence-corrected chi connectivity index (χ4v) is 2.76. The number of anilines is 2. The van der Waals surface area contributed by atoms with E-state index in [9.17, 15) is 14.0 Å². The number of benzene rings is 1. The maximum Gasteiger partial charge on any atom is 0.414 e. The fraction of sp³-hybridized carbons (Fsp3) is 0.529. The SMILES string of the molecule is CC(=O)NCC1CN(c2ccc(N3CCOCC3)cc2)C(=O)O1.CF. The van der Waals surface area contributed by atoms with Crippen molar-refractivity contribution in [1.82, 2.24) is 5.32 Å². The molecule has 2 amide bonds. The molecule has 1 aromatic rings. The Labute approximate surface area is 146 Å². The molecule has 1 aromatic carbocycles. The first-order valence-corrected chi connectivity index (χ1v) is 8.16. The zero-order valence-electron chi connectivity index (χ0n) is 14.5. The van der Waals surface area contributed by atoms with Gasteiger partial charge in [-0.05, 0) is 24.3 Å². The molecule has 2 aliphatic heterocycles. The lowest BCUT2D eigenvalue weighted by Gasteiger charge is -2.29. The molecule has 2 aliphatic rings. The number of ether oxygens (including phenoxy) is 2. The van der Waals surface area contributed by atoms with Crippen LogP contribution in [0.2, 0.25) is 0 Å². The molecular weight excluding hydrogens is 329 g/mol. The minimum absolute atomic E-state index is 0.130. The normalized spacial score (nSPS) is 19.8. The molecule has 1 unspecified atom stereocenters. The smallest absolute Gasteiger partial charge is 0.414 e. The Morgan fingerprint density at radius 2 is 1.80 bits per heavy atom. The Hall–Kier alpha value is -2.35. The average molecular weight is 353 g/mol. The van der Waals surface area contributed by atoms with E-state index in [-0.39, 0.29) is 18.1 Å². The number of nitrogens with zero attached hydrogens (tertiary/aromatic N) is 2. The van der Waals surface area contributed by atoms with Crippen molar-refractivity contribution in [3.8, 4) is 0 Å². The van der Waals surface area contributed by atoms with Crippen LogP contribution in [0.1, 0.15) is 6.92 Å². The van der Waals surface area contributed by atoms with Crippen LogP contribution in [0.4, 0.5) is 20.6 Å². The van der Waals surface area contributed by atoms with Crippen LogP contribution in [0.5, 0.6) is 0 Å². The molecule has 0 aliphatic carbocycles. The molecule has 0 radical (unpaired) electrons. The van der Waals surface area contributed by atoms with Crippen LogP contribution in [0.25, 0.3) is 0 Å². The van der Waals surface area contributed by atoms with E-state index in [2.05, 4.69) is 10.2 Å². The van der Waals surface area contributed by atoms with E-state index >= 15 is 0 Å². The predicted octanol–water partition coefficient (Wildman–Crippen LogP) is 1.57. The molecule has 2 fully saturated rings. The lowest BCUT2D eigenvalue weighted by atomic mass is 10.2. The summed E-state index contributed by atoms with van der Waals surface area (Å²) < 4.78 is 20.1. The second kappa shape index (κ2) is 9.22. The molecule has 0 spiro atoms. The van der Waals surface area contributed by atoms with Gasteiger partial charge in [-0.25, -0.2) is 4.79 Å². The van der Waals surface area contributed by atoms with Gasteiger partial charge in [0.25, 0.3) is 0 Å². The molecule has 25 heavy (non-hydrogen) atoms. The number of cyclic esters (lactones) is 1. The predicted molar refractivity (Wildman–Crippen MR) is 92.8 cm³/mol. The third kappa shape index (κ3) is 5.06. The molecule has 7 nitrogen and oxygen atoms in total. The van der Waals surface area contributed by atoms with Crippen LogP contribution in [0, 0.1) is 0 Å². The number of carbonyl (C=O) groups is 2. The lowest BCUT2D eigenvalue weighted by Crippen LogP contribution is -2.36. The molecule has 8 heteroatoms. The summed E-state index contributed by atoms with van der Waals surface area (Å²) in [5.74, 6) is -0.130. The zero-order chi connectivity index (χ0) is 18.2. The molecule has 138 valence electrons. The van der Waals surface area contributed by atoms with Crippen LogP contribution in [-0.4, -0.2) is 64.7 Å². The Kier molecular flexibility index (Phi) is 7.00. The second-order valence-corrected chi connectivity index (χ2v) is 5.67. The highest BCUT2D eigenvalue weighted by molar-refractivity contribution is 5.90. The van der Waals surface area contributed by atoms with E-state index in [1.165, 1.54) is 6.92 Å². The van der Waals surface area contributed by atoms with Gasteiger partial charge in [0, 0.05) is 31.4 Å². The first-order valence-electron chi connectivity index (χ1n) is 8.16. The molecule has 2 heterocycles. The number of amides is 2. The molecule has 0 saturated carbocycles. The molecule has 1 N–H and O–H groups in total.